The fourth-order valence-electron chi connectivity index (χ4n) is 2.52. The van der Waals surface area contributed by atoms with Crippen molar-refractivity contribution in [1.29, 1.82) is 0 Å². The predicted octanol–water partition coefficient (Wildman–Crippen LogP) is 2.09. The van der Waals surface area contributed by atoms with Crippen LogP contribution in [-0.4, -0.2) is 24.0 Å². The Morgan fingerprint density at radius 2 is 2.00 bits per heavy atom. The van der Waals surface area contributed by atoms with Crippen LogP contribution in [0.4, 0.5) is 10.5 Å². The third kappa shape index (κ3) is 3.52. The molecule has 6 nitrogen and oxygen atoms in total. The quantitative estimate of drug-likeness (QED) is 0.659. The molecule has 0 aromatic heterocycles. The van der Waals surface area contributed by atoms with Gasteiger partial charge < -0.3 is 10.1 Å². The van der Waals surface area contributed by atoms with E-state index < -0.39 is 35.8 Å². The van der Waals surface area contributed by atoms with E-state index in [0.29, 0.717) is 12.1 Å². The lowest BCUT2D eigenvalue weighted by Gasteiger charge is -2.16. The van der Waals surface area contributed by atoms with Crippen LogP contribution >= 0.6 is 0 Å². The van der Waals surface area contributed by atoms with Gasteiger partial charge in [0.25, 0.3) is 0 Å². The van der Waals surface area contributed by atoms with E-state index in [1.54, 1.807) is 37.3 Å². The molecule has 0 spiro atoms. The van der Waals surface area contributed by atoms with Crippen LogP contribution in [0.1, 0.15) is 13.3 Å². The van der Waals surface area contributed by atoms with E-state index in [0.717, 1.165) is 0 Å². The third-order valence-electron chi connectivity index (χ3n) is 3.54. The number of ether oxygens (including phenoxy) is 1. The molecule has 3 amide bonds. The van der Waals surface area contributed by atoms with E-state index in [1.165, 1.54) is 0 Å². The molecular formula is C16H18N2O4. The van der Waals surface area contributed by atoms with Crippen LogP contribution < -0.4 is 10.6 Å². The molecule has 0 aliphatic carbocycles. The number of esters is 1. The van der Waals surface area contributed by atoms with E-state index in [4.69, 9.17) is 4.74 Å². The summed E-state index contributed by atoms with van der Waals surface area (Å²) in [5.74, 6) is -2.27. The lowest BCUT2D eigenvalue weighted by atomic mass is 9.88. The number of hydrogen-bond acceptors (Lipinski definition) is 4. The molecule has 2 rings (SSSR count). The molecule has 116 valence electrons. The maximum atomic E-state index is 12.2. The molecule has 1 fully saturated rings. The summed E-state index contributed by atoms with van der Waals surface area (Å²) in [6, 6.07) is 8.12. The van der Waals surface area contributed by atoms with E-state index >= 15 is 0 Å². The molecule has 1 heterocycles. The average molecular weight is 302 g/mol. The average Bonchev–Trinajstić information content (AvgIpc) is 2.74. The molecule has 1 aliphatic heterocycles. The van der Waals surface area contributed by atoms with Crippen LogP contribution in [0.5, 0.6) is 0 Å². The van der Waals surface area contributed by atoms with Gasteiger partial charge in [-0.2, -0.15) is 0 Å². The SMILES string of the molecule is C=CCC1C(=O)OC(C)C1C(=O)NC(=O)Nc1ccccc1. The first-order valence-electron chi connectivity index (χ1n) is 7.01. The lowest BCUT2D eigenvalue weighted by Crippen LogP contribution is -2.42. The predicted molar refractivity (Wildman–Crippen MR) is 81.0 cm³/mol. The van der Waals surface area contributed by atoms with Crippen molar-refractivity contribution in [2.75, 3.05) is 5.32 Å². The van der Waals surface area contributed by atoms with E-state index in [2.05, 4.69) is 17.2 Å². The second-order valence-corrected chi connectivity index (χ2v) is 5.11. The van der Waals surface area contributed by atoms with Crippen molar-refractivity contribution >= 4 is 23.6 Å². The van der Waals surface area contributed by atoms with Crippen LogP contribution in [0.25, 0.3) is 0 Å². The normalized spacial score (nSPS) is 23.5. The number of amides is 3. The maximum absolute atomic E-state index is 12.2. The number of hydrogen-bond donors (Lipinski definition) is 2. The molecular weight excluding hydrogens is 284 g/mol. The number of carbonyl (C=O) groups excluding carboxylic acids is 3. The smallest absolute Gasteiger partial charge is 0.325 e. The second-order valence-electron chi connectivity index (χ2n) is 5.11. The topological polar surface area (TPSA) is 84.5 Å². The van der Waals surface area contributed by atoms with Crippen molar-refractivity contribution < 1.29 is 19.1 Å². The number of urea groups is 1. The van der Waals surface area contributed by atoms with E-state index in [9.17, 15) is 14.4 Å². The molecule has 0 saturated carbocycles. The minimum absolute atomic E-state index is 0.335. The summed E-state index contributed by atoms with van der Waals surface area (Å²) in [4.78, 5) is 35.8. The zero-order valence-corrected chi connectivity index (χ0v) is 12.2. The highest BCUT2D eigenvalue weighted by atomic mass is 16.6. The van der Waals surface area contributed by atoms with Gasteiger partial charge in [-0.25, -0.2) is 4.79 Å². The Kier molecular flexibility index (Phi) is 4.93. The van der Waals surface area contributed by atoms with Crippen molar-refractivity contribution in [2.24, 2.45) is 11.8 Å². The molecule has 0 radical (unpaired) electrons. The zero-order valence-electron chi connectivity index (χ0n) is 12.2. The van der Waals surface area contributed by atoms with Crippen molar-refractivity contribution in [2.45, 2.75) is 19.4 Å². The maximum Gasteiger partial charge on any atom is 0.325 e. The Balaban J connectivity index is 1.99. The fourth-order valence-corrected chi connectivity index (χ4v) is 2.52. The first-order chi connectivity index (χ1) is 10.5. The van der Waals surface area contributed by atoms with Crippen molar-refractivity contribution in [3.8, 4) is 0 Å². The van der Waals surface area contributed by atoms with Crippen LogP contribution in [0, 0.1) is 11.8 Å². The Bertz CT molecular complexity index is 585. The summed E-state index contributed by atoms with van der Waals surface area (Å²) in [7, 11) is 0. The largest absolute Gasteiger partial charge is 0.462 e. The van der Waals surface area contributed by atoms with Gasteiger partial charge in [0.05, 0.1) is 11.8 Å². The van der Waals surface area contributed by atoms with Gasteiger partial charge in [-0.15, -0.1) is 6.58 Å². The van der Waals surface area contributed by atoms with Gasteiger partial charge in [0.1, 0.15) is 6.10 Å². The number of nitrogens with one attached hydrogen (secondary N) is 2. The van der Waals surface area contributed by atoms with Crippen LogP contribution in [-0.2, 0) is 14.3 Å². The summed E-state index contributed by atoms with van der Waals surface area (Å²) < 4.78 is 5.08. The molecule has 1 saturated heterocycles. The van der Waals surface area contributed by atoms with E-state index in [-0.39, 0.29) is 0 Å². The summed E-state index contributed by atoms with van der Waals surface area (Å²) in [6.45, 7) is 5.21. The van der Waals surface area contributed by atoms with Gasteiger partial charge >= 0.3 is 12.0 Å². The standard InChI is InChI=1S/C16H18N2O4/c1-3-7-12-13(10(2)22-15(12)20)14(19)18-16(21)17-11-8-5-4-6-9-11/h3-6,8-10,12-13H,1,7H2,2H3,(H2,17,18,19,21). The Labute approximate surface area is 128 Å². The molecule has 1 aromatic rings. The second kappa shape index (κ2) is 6.89. The molecule has 3 unspecified atom stereocenters. The third-order valence-corrected chi connectivity index (χ3v) is 3.54. The van der Waals surface area contributed by atoms with E-state index in [1.807, 2.05) is 6.07 Å². The van der Waals surface area contributed by atoms with Crippen molar-refractivity contribution in [3.63, 3.8) is 0 Å². The Morgan fingerprint density at radius 3 is 2.64 bits per heavy atom. The van der Waals surface area contributed by atoms with Crippen molar-refractivity contribution in [3.05, 3.63) is 43.0 Å². The van der Waals surface area contributed by atoms with Gasteiger partial charge in [-0.1, -0.05) is 24.3 Å². The minimum atomic E-state index is -0.702. The first-order valence-corrected chi connectivity index (χ1v) is 7.01. The molecule has 22 heavy (non-hydrogen) atoms. The Morgan fingerprint density at radius 1 is 1.32 bits per heavy atom. The van der Waals surface area contributed by atoms with Gasteiger partial charge in [-0.05, 0) is 25.5 Å². The number of carbonyl (C=O) groups is 3. The van der Waals surface area contributed by atoms with Gasteiger partial charge in [-0.3, -0.25) is 14.9 Å². The number of benzene rings is 1. The number of imide groups is 1. The number of para-hydroxylation sites is 1. The van der Waals surface area contributed by atoms with Crippen LogP contribution in [0.3, 0.4) is 0 Å². The molecule has 3 atom stereocenters. The highest BCUT2D eigenvalue weighted by Crippen LogP contribution is 2.31. The van der Waals surface area contributed by atoms with Crippen molar-refractivity contribution in [1.82, 2.24) is 5.32 Å². The zero-order chi connectivity index (χ0) is 16.1. The Hall–Kier alpha value is -2.63. The number of rotatable bonds is 4. The summed E-state index contributed by atoms with van der Waals surface area (Å²) in [6.07, 6.45) is 1.33. The highest BCUT2D eigenvalue weighted by Gasteiger charge is 2.46. The highest BCUT2D eigenvalue weighted by molar-refractivity contribution is 6.03. The molecule has 6 heteroatoms. The number of anilines is 1. The number of allylic oxidation sites excluding steroid dienone is 1. The summed E-state index contributed by atoms with van der Waals surface area (Å²) in [5, 5.41) is 4.81. The molecule has 1 aliphatic rings. The van der Waals surface area contributed by atoms with Crippen LogP contribution in [0.15, 0.2) is 43.0 Å². The lowest BCUT2D eigenvalue weighted by molar-refractivity contribution is -0.143. The monoisotopic (exact) mass is 302 g/mol. The summed E-state index contributed by atoms with van der Waals surface area (Å²) >= 11 is 0. The molecule has 2 N–H and O–H groups in total. The summed E-state index contributed by atoms with van der Waals surface area (Å²) in [5.41, 5.74) is 0.572. The number of cyclic esters (lactones) is 1. The van der Waals surface area contributed by atoms with Gasteiger partial charge in [0.15, 0.2) is 0 Å². The molecule has 1 aromatic carbocycles. The van der Waals surface area contributed by atoms with Crippen LogP contribution in [0.2, 0.25) is 0 Å². The van der Waals surface area contributed by atoms with Gasteiger partial charge in [0.2, 0.25) is 5.91 Å². The first kappa shape index (κ1) is 15.8. The fraction of sp³-hybridized carbons (Fsp3) is 0.312. The minimum Gasteiger partial charge on any atom is -0.462 e. The van der Waals surface area contributed by atoms with Gasteiger partial charge in [0, 0.05) is 5.69 Å². The molecule has 0 bridgehead atoms.